The minimum Gasteiger partial charge on any atom is -0.300 e. The minimum atomic E-state index is -1.38. The highest BCUT2D eigenvalue weighted by atomic mass is 28.3. The predicted octanol–water partition coefficient (Wildman–Crippen LogP) is 4.03. The fourth-order valence-corrected chi connectivity index (χ4v) is 6.78. The second-order valence-corrected chi connectivity index (χ2v) is 15.5. The molecule has 1 aromatic heterocycles. The van der Waals surface area contributed by atoms with Gasteiger partial charge in [0.05, 0.1) is 13.6 Å². The van der Waals surface area contributed by atoms with Crippen molar-refractivity contribution >= 4 is 14.1 Å². The van der Waals surface area contributed by atoms with Gasteiger partial charge in [-0.1, -0.05) is 31.4 Å². The Morgan fingerprint density at radius 3 is 2.23 bits per heavy atom. The number of aryl methyl sites for hydroxylation is 1. The van der Waals surface area contributed by atoms with E-state index in [1.54, 1.807) is 10.8 Å². The lowest BCUT2D eigenvalue weighted by Crippen LogP contribution is -2.46. The molecule has 0 aliphatic heterocycles. The second-order valence-electron chi connectivity index (χ2n) is 10.4. The van der Waals surface area contributed by atoms with Crippen LogP contribution in [0.4, 0.5) is 0 Å². The first kappa shape index (κ1) is 18.0. The Labute approximate surface area is 156 Å². The Hall–Kier alpha value is -1.36. The van der Waals surface area contributed by atoms with Crippen molar-refractivity contribution in [2.24, 2.45) is 23.2 Å². The van der Waals surface area contributed by atoms with Gasteiger partial charge in [-0.2, -0.15) is 0 Å². The molecule has 0 aromatic carbocycles. The lowest BCUT2D eigenvalue weighted by Gasteiger charge is -2.57. The van der Waals surface area contributed by atoms with Gasteiger partial charge in [-0.05, 0) is 68.1 Å². The zero-order chi connectivity index (χ0) is 18.5. The summed E-state index contributed by atoms with van der Waals surface area (Å²) in [5.41, 5.74) is 2.70. The van der Waals surface area contributed by atoms with Crippen molar-refractivity contribution < 1.29 is 0 Å². The van der Waals surface area contributed by atoms with Crippen LogP contribution in [-0.4, -0.2) is 17.6 Å². The molecule has 4 saturated carbocycles. The Morgan fingerprint density at radius 2 is 1.69 bits per heavy atom. The van der Waals surface area contributed by atoms with E-state index in [0.717, 1.165) is 30.7 Å². The van der Waals surface area contributed by atoms with E-state index < -0.39 is 8.07 Å². The van der Waals surface area contributed by atoms with Crippen molar-refractivity contribution in [1.29, 1.82) is 0 Å². The normalized spacial score (nSPS) is 33.3. The third kappa shape index (κ3) is 3.68. The van der Waals surface area contributed by atoms with Gasteiger partial charge in [0, 0.05) is 12.7 Å². The van der Waals surface area contributed by atoms with Gasteiger partial charge in [-0.3, -0.25) is 14.3 Å². The zero-order valence-electron chi connectivity index (χ0n) is 16.4. The molecule has 5 rings (SSSR count). The number of hydrogen-bond donors (Lipinski definition) is 1. The van der Waals surface area contributed by atoms with Crippen molar-refractivity contribution in [3.05, 3.63) is 38.3 Å². The van der Waals surface area contributed by atoms with E-state index in [4.69, 9.17) is 0 Å². The Morgan fingerprint density at radius 1 is 1.12 bits per heavy atom. The smallest absolute Gasteiger partial charge is 0.300 e. The molecule has 1 N–H and O–H groups in total. The molecule has 26 heavy (non-hydrogen) atoms. The van der Waals surface area contributed by atoms with Crippen LogP contribution in [0.3, 0.4) is 0 Å². The Kier molecular flexibility index (Phi) is 4.41. The van der Waals surface area contributed by atoms with Crippen LogP contribution >= 0.6 is 0 Å². The van der Waals surface area contributed by atoms with Crippen molar-refractivity contribution in [2.45, 2.75) is 71.1 Å². The molecule has 0 amide bonds. The zero-order valence-corrected chi connectivity index (χ0v) is 17.4. The van der Waals surface area contributed by atoms with Gasteiger partial charge in [0.25, 0.3) is 5.56 Å². The molecular weight excluding hydrogens is 340 g/mol. The largest absolute Gasteiger partial charge is 0.328 e. The summed E-state index contributed by atoms with van der Waals surface area (Å²) >= 11 is 0. The van der Waals surface area contributed by atoms with E-state index in [-0.39, 0.29) is 11.2 Å². The number of aromatic nitrogens is 2. The number of aromatic amines is 1. The van der Waals surface area contributed by atoms with Gasteiger partial charge in [0.1, 0.15) is 0 Å². The van der Waals surface area contributed by atoms with Crippen LogP contribution in [0.1, 0.15) is 50.5 Å². The maximum atomic E-state index is 12.3. The Balaban J connectivity index is 1.52. The van der Waals surface area contributed by atoms with Crippen molar-refractivity contribution in [1.82, 2.24) is 9.55 Å². The third-order valence-corrected chi connectivity index (χ3v) is 8.02. The van der Waals surface area contributed by atoms with E-state index in [2.05, 4.69) is 30.3 Å². The summed E-state index contributed by atoms with van der Waals surface area (Å²) in [4.78, 5) is 27.0. The molecule has 0 radical (unpaired) electrons. The average Bonchev–Trinajstić information content (AvgIpc) is 2.51. The lowest BCUT2D eigenvalue weighted by atomic mass is 9.49. The van der Waals surface area contributed by atoms with E-state index >= 15 is 0 Å². The molecule has 0 saturated heterocycles. The summed E-state index contributed by atoms with van der Waals surface area (Å²) in [6, 6.07) is 0. The van der Waals surface area contributed by atoms with Gasteiger partial charge in [0.15, 0.2) is 0 Å². The molecule has 4 fully saturated rings. The second kappa shape index (κ2) is 6.36. The van der Waals surface area contributed by atoms with Crippen LogP contribution < -0.4 is 11.2 Å². The molecular formula is C21H32N2O2Si. The predicted molar refractivity (Wildman–Crippen MR) is 109 cm³/mol. The SMILES string of the molecule is C[Si](C)(C)C=Cc1cn(CCC23CC4CC(CC(C4)C2)C3)c(=O)[nH]c1=O. The summed E-state index contributed by atoms with van der Waals surface area (Å²) in [7, 11) is -1.38. The molecule has 4 nitrogen and oxygen atoms in total. The average molecular weight is 373 g/mol. The van der Waals surface area contributed by atoms with E-state index in [1.807, 2.05) is 6.08 Å². The number of nitrogens with one attached hydrogen (secondary N) is 1. The molecule has 4 aliphatic carbocycles. The molecule has 1 heterocycles. The number of hydrogen-bond acceptors (Lipinski definition) is 2. The van der Waals surface area contributed by atoms with Gasteiger partial charge in [-0.15, -0.1) is 0 Å². The molecule has 1 aromatic rings. The minimum absolute atomic E-state index is 0.259. The van der Waals surface area contributed by atoms with Crippen molar-refractivity contribution in [2.75, 3.05) is 0 Å². The first-order valence-corrected chi connectivity index (χ1v) is 13.8. The van der Waals surface area contributed by atoms with Crippen molar-refractivity contribution in [3.63, 3.8) is 0 Å². The fourth-order valence-electron chi connectivity index (χ4n) is 6.10. The molecule has 0 atom stereocenters. The molecule has 4 aliphatic rings. The van der Waals surface area contributed by atoms with Gasteiger partial charge >= 0.3 is 5.69 Å². The third-order valence-electron chi connectivity index (χ3n) is 6.85. The maximum absolute atomic E-state index is 12.3. The van der Waals surface area contributed by atoms with Gasteiger partial charge < -0.3 is 0 Å². The van der Waals surface area contributed by atoms with Crippen LogP contribution in [0.15, 0.2) is 21.5 Å². The molecule has 0 spiro atoms. The first-order chi connectivity index (χ1) is 12.2. The van der Waals surface area contributed by atoms with Crippen LogP contribution in [-0.2, 0) is 6.54 Å². The quantitative estimate of drug-likeness (QED) is 0.793. The summed E-state index contributed by atoms with van der Waals surface area (Å²) < 4.78 is 1.74. The van der Waals surface area contributed by atoms with E-state index in [9.17, 15) is 9.59 Å². The Bertz CT molecular complexity index is 792. The van der Waals surface area contributed by atoms with E-state index in [0.29, 0.717) is 11.0 Å². The monoisotopic (exact) mass is 372 g/mol. The van der Waals surface area contributed by atoms with Crippen LogP contribution in [0.25, 0.3) is 6.08 Å². The lowest BCUT2D eigenvalue weighted by molar-refractivity contribution is -0.0593. The summed E-state index contributed by atoms with van der Waals surface area (Å²) in [6.07, 6.45) is 13.2. The fraction of sp³-hybridized carbons (Fsp3) is 0.714. The molecule has 0 unspecified atom stereocenters. The molecule has 142 valence electrons. The number of H-pyrrole nitrogens is 1. The molecule has 5 heteroatoms. The summed E-state index contributed by atoms with van der Waals surface area (Å²) in [5.74, 6) is 2.80. The molecule has 4 bridgehead atoms. The van der Waals surface area contributed by atoms with Crippen LogP contribution in [0.2, 0.25) is 19.6 Å². The van der Waals surface area contributed by atoms with Gasteiger partial charge in [0.2, 0.25) is 0 Å². The van der Waals surface area contributed by atoms with Crippen LogP contribution in [0, 0.1) is 23.2 Å². The van der Waals surface area contributed by atoms with Gasteiger partial charge in [-0.25, -0.2) is 4.79 Å². The highest BCUT2D eigenvalue weighted by Gasteiger charge is 2.50. The highest BCUT2D eigenvalue weighted by Crippen LogP contribution is 2.61. The maximum Gasteiger partial charge on any atom is 0.328 e. The number of rotatable bonds is 5. The number of nitrogens with zero attached hydrogens (tertiary/aromatic N) is 1. The topological polar surface area (TPSA) is 54.9 Å². The van der Waals surface area contributed by atoms with Crippen LogP contribution in [0.5, 0.6) is 0 Å². The van der Waals surface area contributed by atoms with E-state index in [1.165, 1.54) is 38.5 Å². The summed E-state index contributed by atoms with van der Waals surface area (Å²) in [6.45, 7) is 7.44. The summed E-state index contributed by atoms with van der Waals surface area (Å²) in [5, 5.41) is 0. The van der Waals surface area contributed by atoms with Crippen molar-refractivity contribution in [3.8, 4) is 0 Å². The highest BCUT2D eigenvalue weighted by molar-refractivity contribution is 6.81. The standard InChI is InChI=1S/C21H32N2O2Si/c1-26(2,3)7-4-18-14-23(20(25)22-19(18)24)6-5-21-11-15-8-16(12-21)10-17(9-15)13-21/h4,7,14-17H,5-6,8-13H2,1-3H3,(H,22,24,25). The first-order valence-electron chi connectivity index (χ1n) is 10.2.